The molecule has 0 aromatic heterocycles. The molecule has 0 aliphatic heterocycles. The lowest BCUT2D eigenvalue weighted by Crippen LogP contribution is -2.36. The smallest absolute Gasteiger partial charge is 0.221 e. The van der Waals surface area contributed by atoms with E-state index in [1.54, 1.807) is 0 Å². The summed E-state index contributed by atoms with van der Waals surface area (Å²) in [4.78, 5) is 13.8. The fourth-order valence-electron chi connectivity index (χ4n) is 2.12. The number of sulfonamides is 1. The summed E-state index contributed by atoms with van der Waals surface area (Å²) in [7, 11) is 0.675. The highest BCUT2D eigenvalue weighted by atomic mass is 32.2. The van der Waals surface area contributed by atoms with Crippen LogP contribution in [-0.2, 0) is 14.8 Å². The van der Waals surface area contributed by atoms with Crippen LogP contribution in [0.25, 0.3) is 0 Å². The lowest BCUT2D eigenvalue weighted by molar-refractivity contribution is -0.121. The summed E-state index contributed by atoms with van der Waals surface area (Å²) in [6.07, 6.45) is 1.20. The van der Waals surface area contributed by atoms with Gasteiger partial charge in [0.2, 0.25) is 15.9 Å². The molecule has 1 aromatic rings. The third kappa shape index (κ3) is 7.02. The minimum atomic E-state index is -3.25. The molecule has 0 aliphatic carbocycles. The predicted molar refractivity (Wildman–Crippen MR) is 88.1 cm³/mol. The molecule has 1 amide bonds. The number of benzene rings is 1. The van der Waals surface area contributed by atoms with E-state index in [0.717, 1.165) is 11.8 Å². The molecule has 0 saturated heterocycles. The first-order valence-corrected chi connectivity index (χ1v) is 9.02. The molecule has 0 fully saturated rings. The van der Waals surface area contributed by atoms with Gasteiger partial charge in [0, 0.05) is 19.5 Å². The number of carbonyl (C=O) groups is 1. The van der Waals surface area contributed by atoms with Crippen molar-refractivity contribution < 1.29 is 13.2 Å². The van der Waals surface area contributed by atoms with Crippen LogP contribution in [-0.4, -0.2) is 52.7 Å². The summed E-state index contributed by atoms with van der Waals surface area (Å²) < 4.78 is 24.2. The van der Waals surface area contributed by atoms with Gasteiger partial charge in [-0.2, -0.15) is 0 Å². The third-order valence-electron chi connectivity index (χ3n) is 3.26. The van der Waals surface area contributed by atoms with E-state index < -0.39 is 10.0 Å². The Kier molecular flexibility index (Phi) is 6.99. The minimum absolute atomic E-state index is 0.0757. The Morgan fingerprint density at radius 1 is 1.32 bits per heavy atom. The van der Waals surface area contributed by atoms with Gasteiger partial charge in [-0.1, -0.05) is 29.8 Å². The van der Waals surface area contributed by atoms with Crippen molar-refractivity contribution in [1.29, 1.82) is 0 Å². The van der Waals surface area contributed by atoms with E-state index >= 15 is 0 Å². The summed E-state index contributed by atoms with van der Waals surface area (Å²) in [5, 5.41) is 2.85. The molecular formula is C15H25N3O3S. The Balaban J connectivity index is 2.53. The first-order chi connectivity index (χ1) is 10.2. The van der Waals surface area contributed by atoms with E-state index in [9.17, 15) is 13.2 Å². The summed E-state index contributed by atoms with van der Waals surface area (Å²) in [6, 6.07) is 8.24. The molecule has 7 heteroatoms. The van der Waals surface area contributed by atoms with Crippen molar-refractivity contribution >= 4 is 15.9 Å². The Hall–Kier alpha value is -1.44. The van der Waals surface area contributed by atoms with Crippen LogP contribution in [0, 0.1) is 6.92 Å². The molecule has 22 heavy (non-hydrogen) atoms. The summed E-state index contributed by atoms with van der Waals surface area (Å²) >= 11 is 0. The zero-order valence-electron chi connectivity index (χ0n) is 13.6. The standard InChI is InChI=1S/C15H25N3O3S/c1-12-6-5-7-13(10-12)14(18(2)3)11-16-15(19)8-9-17-22(4,20)21/h5-7,10,14,17H,8-9,11H2,1-4H3,(H,16,19). The molecule has 0 aliphatic rings. The molecule has 1 unspecified atom stereocenters. The van der Waals surface area contributed by atoms with E-state index in [2.05, 4.69) is 16.1 Å². The molecular weight excluding hydrogens is 302 g/mol. The molecule has 2 N–H and O–H groups in total. The van der Waals surface area contributed by atoms with Crippen LogP contribution in [0.2, 0.25) is 0 Å². The first-order valence-electron chi connectivity index (χ1n) is 7.13. The second-order valence-corrected chi connectivity index (χ2v) is 7.45. The van der Waals surface area contributed by atoms with Gasteiger partial charge in [0.25, 0.3) is 0 Å². The molecule has 1 atom stereocenters. The van der Waals surface area contributed by atoms with Crippen LogP contribution in [0.4, 0.5) is 0 Å². The number of carbonyl (C=O) groups excluding carboxylic acids is 1. The van der Waals surface area contributed by atoms with Crippen molar-refractivity contribution in [2.45, 2.75) is 19.4 Å². The normalized spacial score (nSPS) is 13.1. The van der Waals surface area contributed by atoms with Crippen LogP contribution in [0.15, 0.2) is 24.3 Å². The van der Waals surface area contributed by atoms with Gasteiger partial charge in [-0.3, -0.25) is 4.79 Å². The Morgan fingerprint density at radius 2 is 2.00 bits per heavy atom. The number of amides is 1. The van der Waals surface area contributed by atoms with Crippen LogP contribution in [0.3, 0.4) is 0 Å². The van der Waals surface area contributed by atoms with Crippen molar-refractivity contribution in [2.24, 2.45) is 0 Å². The van der Waals surface area contributed by atoms with Gasteiger partial charge in [0.15, 0.2) is 0 Å². The summed E-state index contributed by atoms with van der Waals surface area (Å²) in [6.45, 7) is 2.63. The second-order valence-electron chi connectivity index (χ2n) is 5.61. The van der Waals surface area contributed by atoms with Crippen molar-refractivity contribution in [3.05, 3.63) is 35.4 Å². The molecule has 0 spiro atoms. The van der Waals surface area contributed by atoms with Gasteiger partial charge in [0.1, 0.15) is 0 Å². The molecule has 1 rings (SSSR count). The molecule has 124 valence electrons. The first kappa shape index (κ1) is 18.6. The lowest BCUT2D eigenvalue weighted by Gasteiger charge is -2.25. The average molecular weight is 327 g/mol. The fraction of sp³-hybridized carbons (Fsp3) is 0.533. The maximum Gasteiger partial charge on any atom is 0.221 e. The third-order valence-corrected chi connectivity index (χ3v) is 3.99. The Labute approximate surface area is 132 Å². The van der Waals surface area contributed by atoms with Crippen molar-refractivity contribution in [3.63, 3.8) is 0 Å². The maximum absolute atomic E-state index is 11.8. The van der Waals surface area contributed by atoms with E-state index in [1.807, 2.05) is 44.1 Å². The highest BCUT2D eigenvalue weighted by Crippen LogP contribution is 2.18. The monoisotopic (exact) mass is 327 g/mol. The maximum atomic E-state index is 11.8. The molecule has 0 heterocycles. The van der Waals surface area contributed by atoms with Gasteiger partial charge < -0.3 is 10.2 Å². The molecule has 6 nitrogen and oxygen atoms in total. The zero-order valence-corrected chi connectivity index (χ0v) is 14.4. The van der Waals surface area contributed by atoms with Gasteiger partial charge in [-0.05, 0) is 26.6 Å². The molecule has 0 saturated carbocycles. The van der Waals surface area contributed by atoms with Crippen LogP contribution >= 0.6 is 0 Å². The number of nitrogens with zero attached hydrogens (tertiary/aromatic N) is 1. The predicted octanol–water partition coefficient (Wildman–Crippen LogP) is 0.653. The number of hydrogen-bond donors (Lipinski definition) is 2. The highest BCUT2D eigenvalue weighted by Gasteiger charge is 2.15. The minimum Gasteiger partial charge on any atom is -0.354 e. The SMILES string of the molecule is Cc1cccc(C(CNC(=O)CCNS(C)(=O)=O)N(C)C)c1. The van der Waals surface area contributed by atoms with Gasteiger partial charge in [-0.15, -0.1) is 0 Å². The highest BCUT2D eigenvalue weighted by molar-refractivity contribution is 7.88. The number of aryl methyl sites for hydroxylation is 1. The molecule has 1 aromatic carbocycles. The largest absolute Gasteiger partial charge is 0.354 e. The van der Waals surface area contributed by atoms with Gasteiger partial charge in [0.05, 0.1) is 12.3 Å². The zero-order chi connectivity index (χ0) is 16.8. The topological polar surface area (TPSA) is 78.5 Å². The Morgan fingerprint density at radius 3 is 2.55 bits per heavy atom. The number of likely N-dealkylation sites (N-methyl/N-ethyl adjacent to an activating group) is 1. The van der Waals surface area contributed by atoms with Crippen LogP contribution in [0.5, 0.6) is 0 Å². The Bertz CT molecular complexity index is 600. The molecule has 0 radical (unpaired) electrons. The van der Waals surface area contributed by atoms with Crippen molar-refractivity contribution in [3.8, 4) is 0 Å². The van der Waals surface area contributed by atoms with Gasteiger partial charge in [-0.25, -0.2) is 13.1 Å². The quantitative estimate of drug-likeness (QED) is 0.735. The summed E-state index contributed by atoms with van der Waals surface area (Å²) in [5.41, 5.74) is 2.31. The van der Waals surface area contributed by atoms with Crippen molar-refractivity contribution in [2.75, 3.05) is 33.4 Å². The van der Waals surface area contributed by atoms with E-state index in [1.165, 1.54) is 5.56 Å². The average Bonchev–Trinajstić information content (AvgIpc) is 2.37. The van der Waals surface area contributed by atoms with Crippen LogP contribution < -0.4 is 10.0 Å². The lowest BCUT2D eigenvalue weighted by atomic mass is 10.0. The second kappa shape index (κ2) is 8.26. The fourth-order valence-corrected chi connectivity index (χ4v) is 2.60. The van der Waals surface area contributed by atoms with Crippen molar-refractivity contribution in [1.82, 2.24) is 14.9 Å². The number of rotatable bonds is 8. The molecule has 0 bridgehead atoms. The van der Waals surface area contributed by atoms with Crippen LogP contribution in [0.1, 0.15) is 23.6 Å². The van der Waals surface area contributed by atoms with Gasteiger partial charge >= 0.3 is 0 Å². The number of nitrogens with one attached hydrogen (secondary N) is 2. The summed E-state index contributed by atoms with van der Waals surface area (Å²) in [5.74, 6) is -0.171. The van der Waals surface area contributed by atoms with E-state index in [-0.39, 0.29) is 24.9 Å². The number of hydrogen-bond acceptors (Lipinski definition) is 4. The van der Waals surface area contributed by atoms with E-state index in [4.69, 9.17) is 0 Å². The van der Waals surface area contributed by atoms with E-state index in [0.29, 0.717) is 6.54 Å².